The Bertz CT molecular complexity index is 762. The van der Waals surface area contributed by atoms with E-state index in [0.29, 0.717) is 18.9 Å². The number of rotatable bonds is 8. The lowest BCUT2D eigenvalue weighted by Crippen LogP contribution is -2.33. The Kier molecular flexibility index (Phi) is 5.69. The van der Waals surface area contributed by atoms with Crippen LogP contribution in [0.5, 0.6) is 0 Å². The lowest BCUT2D eigenvalue weighted by molar-refractivity contribution is 0.391. The summed E-state index contributed by atoms with van der Waals surface area (Å²) >= 11 is 0. The average molecular weight is 339 g/mol. The quantitative estimate of drug-likeness (QED) is 0.737. The number of aromatic nitrogens is 4. The summed E-state index contributed by atoms with van der Waals surface area (Å²) in [4.78, 5) is 8.41. The van der Waals surface area contributed by atoms with Crippen LogP contribution in [-0.4, -0.2) is 45.4 Å². The highest BCUT2D eigenvalue weighted by atomic mass is 32.2. The van der Waals surface area contributed by atoms with Crippen LogP contribution < -0.4 is 0 Å². The number of hydrogen-bond acceptors (Lipinski definition) is 5. The van der Waals surface area contributed by atoms with Gasteiger partial charge in [-0.15, -0.1) is 5.10 Å². The third kappa shape index (κ3) is 3.87. The first-order valence-corrected chi connectivity index (χ1v) is 9.55. The van der Waals surface area contributed by atoms with E-state index >= 15 is 0 Å². The van der Waals surface area contributed by atoms with E-state index in [1.807, 2.05) is 33.8 Å². The van der Waals surface area contributed by atoms with Gasteiger partial charge in [0.25, 0.3) is 21.0 Å². The van der Waals surface area contributed by atoms with Gasteiger partial charge in [-0.25, -0.2) is 17.9 Å². The summed E-state index contributed by atoms with van der Waals surface area (Å²) in [7, 11) is -3.69. The molecule has 23 heavy (non-hydrogen) atoms. The van der Waals surface area contributed by atoms with Crippen LogP contribution in [0.1, 0.15) is 50.9 Å². The molecule has 0 aliphatic carbocycles. The highest BCUT2D eigenvalue weighted by Crippen LogP contribution is 2.15. The zero-order valence-electron chi connectivity index (χ0n) is 14.3. The molecule has 0 N–H and O–H groups in total. The van der Waals surface area contributed by atoms with Gasteiger partial charge in [0, 0.05) is 24.5 Å². The molecule has 0 amide bonds. The van der Waals surface area contributed by atoms with Gasteiger partial charge in [-0.2, -0.15) is 9.29 Å². The fraction of sp³-hybridized carbons (Fsp3) is 0.667. The van der Waals surface area contributed by atoms with Crippen molar-refractivity contribution in [3.8, 4) is 0 Å². The molecule has 0 spiro atoms. The Morgan fingerprint density at radius 1 is 1.09 bits per heavy atom. The molecule has 0 unspecified atom stereocenters. The summed E-state index contributed by atoms with van der Waals surface area (Å²) in [5.74, 6) is 0.326. The molecule has 0 bridgehead atoms. The summed E-state index contributed by atoms with van der Waals surface area (Å²) in [5.41, 5.74) is 1.61. The molecule has 0 saturated carbocycles. The maximum Gasteiger partial charge on any atom is 0.284 e. The second kappa shape index (κ2) is 7.35. The molecular weight excluding hydrogens is 314 g/mol. The van der Waals surface area contributed by atoms with E-state index in [-0.39, 0.29) is 5.16 Å². The van der Waals surface area contributed by atoms with Crippen LogP contribution in [0.25, 0.3) is 5.78 Å². The number of sulfonamides is 1. The molecule has 2 aromatic heterocycles. The monoisotopic (exact) mass is 339 g/mol. The van der Waals surface area contributed by atoms with Gasteiger partial charge in [0.1, 0.15) is 0 Å². The van der Waals surface area contributed by atoms with E-state index in [2.05, 4.69) is 15.1 Å². The summed E-state index contributed by atoms with van der Waals surface area (Å²) in [5, 5.41) is 4.01. The normalized spacial score (nSPS) is 12.4. The van der Waals surface area contributed by atoms with Crippen LogP contribution in [0, 0.1) is 13.8 Å². The highest BCUT2D eigenvalue weighted by Gasteiger charge is 2.28. The van der Waals surface area contributed by atoms with E-state index < -0.39 is 10.0 Å². The van der Waals surface area contributed by atoms with Crippen molar-refractivity contribution in [1.29, 1.82) is 0 Å². The minimum Gasteiger partial charge on any atom is -0.216 e. The molecule has 0 saturated heterocycles. The molecule has 2 heterocycles. The van der Waals surface area contributed by atoms with Crippen molar-refractivity contribution in [2.45, 2.75) is 58.5 Å². The molecular formula is C15H25N5O2S. The van der Waals surface area contributed by atoms with Crippen LogP contribution >= 0.6 is 0 Å². The van der Waals surface area contributed by atoms with Gasteiger partial charge in [-0.3, -0.25) is 0 Å². The zero-order valence-corrected chi connectivity index (χ0v) is 15.1. The van der Waals surface area contributed by atoms with Crippen molar-refractivity contribution in [3.05, 3.63) is 17.5 Å². The first-order chi connectivity index (χ1) is 10.9. The molecule has 0 aromatic carbocycles. The molecule has 0 fully saturated rings. The minimum absolute atomic E-state index is 0.161. The molecule has 7 nitrogen and oxygen atoms in total. The van der Waals surface area contributed by atoms with Crippen molar-refractivity contribution in [2.75, 3.05) is 13.1 Å². The van der Waals surface area contributed by atoms with Crippen molar-refractivity contribution < 1.29 is 8.42 Å². The Hall–Kier alpha value is -1.54. The minimum atomic E-state index is -3.69. The summed E-state index contributed by atoms with van der Waals surface area (Å²) in [6, 6.07) is 1.85. The largest absolute Gasteiger partial charge is 0.284 e. The molecule has 0 radical (unpaired) electrons. The number of hydrogen-bond donors (Lipinski definition) is 0. The van der Waals surface area contributed by atoms with Gasteiger partial charge >= 0.3 is 0 Å². The molecule has 2 aromatic rings. The molecule has 2 rings (SSSR count). The third-order valence-electron chi connectivity index (χ3n) is 3.69. The van der Waals surface area contributed by atoms with E-state index in [0.717, 1.165) is 37.1 Å². The first-order valence-electron chi connectivity index (χ1n) is 8.11. The van der Waals surface area contributed by atoms with Crippen LogP contribution in [0.3, 0.4) is 0 Å². The SMILES string of the molecule is CCCCN(CCCC)S(=O)(=O)c1nc2nc(C)cc(C)n2n1. The topological polar surface area (TPSA) is 80.5 Å². The van der Waals surface area contributed by atoms with Gasteiger partial charge in [0.05, 0.1) is 0 Å². The van der Waals surface area contributed by atoms with Gasteiger partial charge in [-0.05, 0) is 32.8 Å². The Labute approximate surface area is 137 Å². The second-order valence-electron chi connectivity index (χ2n) is 5.76. The van der Waals surface area contributed by atoms with Crippen LogP contribution in [-0.2, 0) is 10.0 Å². The Morgan fingerprint density at radius 2 is 1.70 bits per heavy atom. The standard InChI is InChI=1S/C15H25N5O2S/c1-5-7-9-19(10-8-6-2)23(21,22)15-17-14-16-12(3)11-13(4)20(14)18-15/h11H,5-10H2,1-4H3. The van der Waals surface area contributed by atoms with Crippen molar-refractivity contribution in [2.24, 2.45) is 0 Å². The molecule has 0 atom stereocenters. The maximum atomic E-state index is 12.9. The number of fused-ring (bicyclic) bond motifs is 1. The molecule has 0 aliphatic rings. The van der Waals surface area contributed by atoms with Gasteiger partial charge in [0.15, 0.2) is 0 Å². The van der Waals surface area contributed by atoms with Crippen LogP contribution in [0.15, 0.2) is 11.2 Å². The fourth-order valence-corrected chi connectivity index (χ4v) is 3.75. The predicted molar refractivity (Wildman–Crippen MR) is 88.8 cm³/mol. The number of nitrogens with zero attached hydrogens (tertiary/aromatic N) is 5. The predicted octanol–water partition coefficient (Wildman–Crippen LogP) is 2.33. The fourth-order valence-electron chi connectivity index (χ4n) is 2.39. The van der Waals surface area contributed by atoms with Gasteiger partial charge in [-0.1, -0.05) is 26.7 Å². The molecule has 8 heteroatoms. The summed E-state index contributed by atoms with van der Waals surface area (Å²) in [6.07, 6.45) is 3.53. The smallest absolute Gasteiger partial charge is 0.216 e. The Balaban J connectivity index is 2.41. The second-order valence-corrected chi connectivity index (χ2v) is 7.59. The van der Waals surface area contributed by atoms with E-state index in [9.17, 15) is 8.42 Å². The lowest BCUT2D eigenvalue weighted by Gasteiger charge is -2.19. The van der Waals surface area contributed by atoms with Gasteiger partial charge in [0.2, 0.25) is 0 Å². The summed E-state index contributed by atoms with van der Waals surface area (Å²) in [6.45, 7) is 8.80. The van der Waals surface area contributed by atoms with Crippen molar-refractivity contribution >= 4 is 15.8 Å². The zero-order chi connectivity index (χ0) is 17.0. The van der Waals surface area contributed by atoms with Crippen LogP contribution in [0.2, 0.25) is 0 Å². The van der Waals surface area contributed by atoms with E-state index in [1.54, 1.807) is 0 Å². The van der Waals surface area contributed by atoms with E-state index in [4.69, 9.17) is 0 Å². The number of unbranched alkanes of at least 4 members (excludes halogenated alkanes) is 2. The molecule has 0 aliphatic heterocycles. The van der Waals surface area contributed by atoms with Crippen LogP contribution in [0.4, 0.5) is 0 Å². The van der Waals surface area contributed by atoms with Gasteiger partial charge < -0.3 is 0 Å². The lowest BCUT2D eigenvalue weighted by atomic mass is 10.3. The van der Waals surface area contributed by atoms with Crippen molar-refractivity contribution in [3.63, 3.8) is 0 Å². The van der Waals surface area contributed by atoms with Crippen molar-refractivity contribution in [1.82, 2.24) is 23.9 Å². The average Bonchev–Trinajstić information content (AvgIpc) is 2.92. The molecule has 128 valence electrons. The van der Waals surface area contributed by atoms with E-state index in [1.165, 1.54) is 8.82 Å². The highest BCUT2D eigenvalue weighted by molar-refractivity contribution is 7.88. The summed E-state index contributed by atoms with van der Waals surface area (Å²) < 4.78 is 28.7. The first kappa shape index (κ1) is 17.8. The Morgan fingerprint density at radius 3 is 2.26 bits per heavy atom. The number of aryl methyl sites for hydroxylation is 2. The maximum absolute atomic E-state index is 12.9. The third-order valence-corrected chi connectivity index (χ3v) is 5.37.